The van der Waals surface area contributed by atoms with Crippen LogP contribution in [0.1, 0.15) is 22.3 Å². The lowest BCUT2D eigenvalue weighted by molar-refractivity contribution is 0.571. The number of aromatic amines is 1. The number of aryl methyl sites for hydroxylation is 1. The summed E-state index contributed by atoms with van der Waals surface area (Å²) in [6.07, 6.45) is 5.76. The average molecular weight is 382 g/mol. The van der Waals surface area contributed by atoms with Gasteiger partial charge >= 0.3 is 0 Å². The molecule has 0 fully saturated rings. The Labute approximate surface area is 160 Å². The van der Waals surface area contributed by atoms with Gasteiger partial charge in [-0.25, -0.2) is 15.0 Å². The molecule has 0 bridgehead atoms. The second-order valence-electron chi connectivity index (χ2n) is 6.39. The van der Waals surface area contributed by atoms with Crippen LogP contribution >= 0.6 is 11.6 Å². The van der Waals surface area contributed by atoms with E-state index in [1.165, 1.54) is 0 Å². The third-order valence-electron chi connectivity index (χ3n) is 4.32. The Morgan fingerprint density at radius 1 is 1.15 bits per heavy atom. The lowest BCUT2D eigenvalue weighted by atomic mass is 10.1. The van der Waals surface area contributed by atoms with E-state index in [1.807, 2.05) is 19.2 Å². The van der Waals surface area contributed by atoms with Crippen LogP contribution in [0.2, 0.25) is 5.15 Å². The van der Waals surface area contributed by atoms with Crippen LogP contribution in [0.5, 0.6) is 0 Å². The van der Waals surface area contributed by atoms with Crippen molar-refractivity contribution < 1.29 is 4.39 Å². The predicted octanol–water partition coefficient (Wildman–Crippen LogP) is 4.66. The van der Waals surface area contributed by atoms with E-state index in [0.717, 1.165) is 27.7 Å². The molecule has 4 heterocycles. The molecule has 0 atom stereocenters. The van der Waals surface area contributed by atoms with E-state index in [2.05, 4.69) is 31.3 Å². The summed E-state index contributed by atoms with van der Waals surface area (Å²) in [6.45, 7) is 2.48. The van der Waals surface area contributed by atoms with Crippen molar-refractivity contribution in [3.05, 3.63) is 82.3 Å². The molecule has 0 aliphatic carbocycles. The minimum atomic E-state index is -0.484. The fourth-order valence-electron chi connectivity index (χ4n) is 2.95. The van der Waals surface area contributed by atoms with E-state index in [0.29, 0.717) is 29.5 Å². The third kappa shape index (κ3) is 3.90. The first-order valence-electron chi connectivity index (χ1n) is 8.51. The summed E-state index contributed by atoms with van der Waals surface area (Å²) in [5.41, 5.74) is 4.35. The molecular formula is C20H17ClFN5. The van der Waals surface area contributed by atoms with Gasteiger partial charge in [0.1, 0.15) is 16.6 Å². The largest absolute Gasteiger partial charge is 0.366 e. The summed E-state index contributed by atoms with van der Waals surface area (Å²) in [6, 6.07) is 9.18. The topological polar surface area (TPSA) is 66.5 Å². The molecule has 7 heteroatoms. The van der Waals surface area contributed by atoms with E-state index in [-0.39, 0.29) is 0 Å². The maximum absolute atomic E-state index is 14.5. The number of aromatic nitrogens is 4. The molecule has 2 N–H and O–H groups in total. The molecule has 0 radical (unpaired) electrons. The minimum absolute atomic E-state index is 0.423. The van der Waals surface area contributed by atoms with E-state index in [1.54, 1.807) is 30.6 Å². The highest BCUT2D eigenvalue weighted by molar-refractivity contribution is 6.29. The summed E-state index contributed by atoms with van der Waals surface area (Å²) >= 11 is 5.87. The molecule has 0 unspecified atom stereocenters. The number of hydrogen-bond acceptors (Lipinski definition) is 4. The number of hydrogen-bond donors (Lipinski definition) is 2. The molecule has 27 heavy (non-hydrogen) atoms. The van der Waals surface area contributed by atoms with Crippen LogP contribution in [-0.2, 0) is 13.0 Å². The van der Waals surface area contributed by atoms with Gasteiger partial charge in [0, 0.05) is 42.5 Å². The van der Waals surface area contributed by atoms with Gasteiger partial charge in [-0.05, 0) is 47.9 Å². The standard InChI is InChI=1S/C20H17ClFN5/c1-12-6-16-15(11-26-20(16)25-9-12)8-14-2-3-18(27-19(14)22)24-10-13-4-5-23-17(21)7-13/h2-7,9,11H,8,10H2,1H3,(H,24,27)(H,25,26). The molecule has 0 saturated carbocycles. The van der Waals surface area contributed by atoms with Gasteiger partial charge in [-0.15, -0.1) is 0 Å². The Morgan fingerprint density at radius 2 is 2.04 bits per heavy atom. The molecule has 0 amide bonds. The molecule has 0 saturated heterocycles. The lowest BCUT2D eigenvalue weighted by Crippen LogP contribution is -2.04. The zero-order chi connectivity index (χ0) is 18.8. The Bertz CT molecular complexity index is 1110. The van der Waals surface area contributed by atoms with Gasteiger partial charge < -0.3 is 10.3 Å². The highest BCUT2D eigenvalue weighted by Gasteiger charge is 2.11. The second kappa shape index (κ2) is 7.32. The Balaban J connectivity index is 1.50. The van der Waals surface area contributed by atoms with Gasteiger partial charge in [0.2, 0.25) is 5.95 Å². The molecule has 136 valence electrons. The molecule has 0 aromatic carbocycles. The maximum Gasteiger partial charge on any atom is 0.218 e. The maximum atomic E-state index is 14.5. The smallest absolute Gasteiger partial charge is 0.218 e. The van der Waals surface area contributed by atoms with E-state index >= 15 is 0 Å². The van der Waals surface area contributed by atoms with Gasteiger partial charge in [-0.1, -0.05) is 17.7 Å². The van der Waals surface area contributed by atoms with E-state index in [4.69, 9.17) is 11.6 Å². The molecule has 4 aromatic heterocycles. The summed E-state index contributed by atoms with van der Waals surface area (Å²) in [5, 5.41) is 4.53. The molecule has 0 aliphatic heterocycles. The van der Waals surface area contributed by atoms with Crippen molar-refractivity contribution in [1.82, 2.24) is 19.9 Å². The number of fused-ring (bicyclic) bond motifs is 1. The number of anilines is 1. The predicted molar refractivity (Wildman–Crippen MR) is 104 cm³/mol. The normalized spacial score (nSPS) is 11.1. The van der Waals surface area contributed by atoms with Crippen molar-refractivity contribution in [3.63, 3.8) is 0 Å². The Morgan fingerprint density at radius 3 is 2.85 bits per heavy atom. The highest BCUT2D eigenvalue weighted by Crippen LogP contribution is 2.22. The van der Waals surface area contributed by atoms with E-state index < -0.39 is 5.95 Å². The van der Waals surface area contributed by atoms with Gasteiger partial charge in [-0.3, -0.25) is 0 Å². The summed E-state index contributed by atoms with van der Waals surface area (Å²) in [4.78, 5) is 15.5. The summed E-state index contributed by atoms with van der Waals surface area (Å²) in [7, 11) is 0. The molecule has 5 nitrogen and oxygen atoms in total. The lowest BCUT2D eigenvalue weighted by Gasteiger charge is -2.08. The minimum Gasteiger partial charge on any atom is -0.366 e. The van der Waals surface area contributed by atoms with Crippen LogP contribution in [0.4, 0.5) is 10.2 Å². The molecule has 4 rings (SSSR count). The van der Waals surface area contributed by atoms with Crippen molar-refractivity contribution in [2.24, 2.45) is 0 Å². The van der Waals surface area contributed by atoms with Crippen molar-refractivity contribution in [1.29, 1.82) is 0 Å². The van der Waals surface area contributed by atoms with Crippen LogP contribution in [-0.4, -0.2) is 19.9 Å². The molecular weight excluding hydrogens is 365 g/mol. The first-order valence-corrected chi connectivity index (χ1v) is 8.88. The van der Waals surface area contributed by atoms with Crippen molar-refractivity contribution >= 4 is 28.5 Å². The number of nitrogens with one attached hydrogen (secondary N) is 2. The van der Waals surface area contributed by atoms with Crippen molar-refractivity contribution in [3.8, 4) is 0 Å². The first kappa shape index (κ1) is 17.4. The number of nitrogens with zero attached hydrogens (tertiary/aromatic N) is 3. The number of halogens is 2. The SMILES string of the molecule is Cc1cnc2[nH]cc(Cc3ccc(NCc4ccnc(Cl)c4)nc3F)c2c1. The van der Waals surface area contributed by atoms with Crippen LogP contribution in [0, 0.1) is 12.9 Å². The first-order chi connectivity index (χ1) is 13.1. The van der Waals surface area contributed by atoms with Crippen molar-refractivity contribution in [2.75, 3.05) is 5.32 Å². The zero-order valence-electron chi connectivity index (χ0n) is 14.6. The average Bonchev–Trinajstić information content (AvgIpc) is 3.04. The van der Waals surface area contributed by atoms with Crippen LogP contribution in [0.15, 0.2) is 48.9 Å². The monoisotopic (exact) mass is 381 g/mol. The molecule has 4 aromatic rings. The Hall–Kier alpha value is -2.99. The molecule has 0 aliphatic rings. The molecule has 0 spiro atoms. The van der Waals surface area contributed by atoms with E-state index in [9.17, 15) is 4.39 Å². The fraction of sp³-hybridized carbons (Fsp3) is 0.150. The van der Waals surface area contributed by atoms with Gasteiger partial charge in [0.15, 0.2) is 0 Å². The van der Waals surface area contributed by atoms with Gasteiger partial charge in [0.05, 0.1) is 0 Å². The van der Waals surface area contributed by atoms with Crippen LogP contribution < -0.4 is 5.32 Å². The summed E-state index contributed by atoms with van der Waals surface area (Å²) in [5.74, 6) is -0.0108. The second-order valence-corrected chi connectivity index (χ2v) is 6.77. The number of pyridine rings is 3. The van der Waals surface area contributed by atoms with Crippen molar-refractivity contribution in [2.45, 2.75) is 19.9 Å². The quantitative estimate of drug-likeness (QED) is 0.493. The Kier molecular flexibility index (Phi) is 4.73. The number of rotatable bonds is 5. The highest BCUT2D eigenvalue weighted by atomic mass is 35.5. The summed E-state index contributed by atoms with van der Waals surface area (Å²) < 4.78 is 14.5. The van der Waals surface area contributed by atoms with Crippen LogP contribution in [0.25, 0.3) is 11.0 Å². The van der Waals surface area contributed by atoms with Crippen LogP contribution in [0.3, 0.4) is 0 Å². The third-order valence-corrected chi connectivity index (χ3v) is 4.53. The van der Waals surface area contributed by atoms with Gasteiger partial charge in [-0.2, -0.15) is 4.39 Å². The number of H-pyrrole nitrogens is 1. The zero-order valence-corrected chi connectivity index (χ0v) is 15.4. The van der Waals surface area contributed by atoms with Gasteiger partial charge in [0.25, 0.3) is 0 Å². The fourth-order valence-corrected chi connectivity index (χ4v) is 3.15.